The third-order valence-electron chi connectivity index (χ3n) is 3.18. The van der Waals surface area contributed by atoms with E-state index in [1.54, 1.807) is 20.9 Å². The fourth-order valence-electron chi connectivity index (χ4n) is 1.49. The maximum Gasteiger partial charge on any atom is 0.222 e. The van der Waals surface area contributed by atoms with Crippen molar-refractivity contribution in [3.05, 3.63) is 0 Å². The van der Waals surface area contributed by atoms with Gasteiger partial charge in [0.05, 0.1) is 5.25 Å². The molecule has 2 unspecified atom stereocenters. The molecule has 0 aliphatic carbocycles. The predicted molar refractivity (Wildman–Crippen MR) is 76.9 cm³/mol. The van der Waals surface area contributed by atoms with E-state index in [0.29, 0.717) is 6.42 Å². The van der Waals surface area contributed by atoms with Crippen molar-refractivity contribution in [3.63, 3.8) is 0 Å². The number of carbonyl (C=O) groups excluding carboxylic acids is 1. The van der Waals surface area contributed by atoms with Crippen LogP contribution in [0.4, 0.5) is 0 Å². The van der Waals surface area contributed by atoms with Crippen LogP contribution in [-0.2, 0) is 14.6 Å². The van der Waals surface area contributed by atoms with Crippen LogP contribution in [0.2, 0.25) is 0 Å². The Kier molecular flexibility index (Phi) is 9.68. The standard InChI is InChI=1S/C11H24N2O3S.ClH/c1-9(10(2)17(5,15)16)13(4)11(14)7-6-8-12-3;/h9-10,12H,6-8H2,1-5H3;1H. The third-order valence-corrected chi connectivity index (χ3v) is 4.92. The summed E-state index contributed by atoms with van der Waals surface area (Å²) in [5.74, 6) is -0.0109. The van der Waals surface area contributed by atoms with Gasteiger partial charge in [-0.05, 0) is 33.9 Å². The molecule has 1 N–H and O–H groups in total. The van der Waals surface area contributed by atoms with E-state index >= 15 is 0 Å². The van der Waals surface area contributed by atoms with E-state index < -0.39 is 15.1 Å². The molecule has 0 aromatic carbocycles. The van der Waals surface area contributed by atoms with Crippen LogP contribution in [0.1, 0.15) is 26.7 Å². The van der Waals surface area contributed by atoms with Gasteiger partial charge >= 0.3 is 0 Å². The van der Waals surface area contributed by atoms with Gasteiger partial charge in [-0.2, -0.15) is 0 Å². The van der Waals surface area contributed by atoms with Crippen molar-refractivity contribution in [3.8, 4) is 0 Å². The van der Waals surface area contributed by atoms with Gasteiger partial charge < -0.3 is 10.2 Å². The number of rotatable bonds is 7. The minimum absolute atomic E-state index is 0. The molecule has 0 fully saturated rings. The predicted octanol–water partition coefficient (Wildman–Crippen LogP) is 0.688. The maximum absolute atomic E-state index is 11.8. The quantitative estimate of drug-likeness (QED) is 0.703. The molecule has 1 amide bonds. The Balaban J connectivity index is 0. The molecule has 0 heterocycles. The number of nitrogens with zero attached hydrogens (tertiary/aromatic N) is 1. The first-order valence-electron chi connectivity index (χ1n) is 5.81. The Morgan fingerprint density at radius 3 is 2.22 bits per heavy atom. The summed E-state index contributed by atoms with van der Waals surface area (Å²) >= 11 is 0. The van der Waals surface area contributed by atoms with Crippen LogP contribution >= 0.6 is 12.4 Å². The largest absolute Gasteiger partial charge is 0.342 e. The minimum Gasteiger partial charge on any atom is -0.342 e. The van der Waals surface area contributed by atoms with Gasteiger partial charge in [-0.3, -0.25) is 4.79 Å². The highest BCUT2D eigenvalue weighted by molar-refractivity contribution is 7.91. The second kappa shape index (κ2) is 8.72. The molecule has 18 heavy (non-hydrogen) atoms. The van der Waals surface area contributed by atoms with Gasteiger partial charge in [0.1, 0.15) is 0 Å². The molecular formula is C11H25ClN2O3S. The molecule has 7 heteroatoms. The smallest absolute Gasteiger partial charge is 0.222 e. The zero-order chi connectivity index (χ0) is 13.6. The van der Waals surface area contributed by atoms with E-state index in [1.807, 2.05) is 7.05 Å². The molecule has 0 radical (unpaired) electrons. The lowest BCUT2D eigenvalue weighted by atomic mass is 10.2. The average molecular weight is 301 g/mol. The molecule has 5 nitrogen and oxygen atoms in total. The van der Waals surface area contributed by atoms with Gasteiger partial charge in [0, 0.05) is 25.8 Å². The Morgan fingerprint density at radius 1 is 1.33 bits per heavy atom. The van der Waals surface area contributed by atoms with Crippen LogP contribution in [0.3, 0.4) is 0 Å². The fourth-order valence-corrected chi connectivity index (χ4v) is 2.39. The number of hydrogen-bond donors (Lipinski definition) is 1. The SMILES string of the molecule is CNCCCC(=O)N(C)C(C)C(C)S(C)(=O)=O.Cl. The summed E-state index contributed by atoms with van der Waals surface area (Å²) in [5, 5.41) is 2.43. The zero-order valence-electron chi connectivity index (χ0n) is 11.8. The molecule has 0 aromatic heterocycles. The topological polar surface area (TPSA) is 66.5 Å². The highest BCUT2D eigenvalue weighted by Crippen LogP contribution is 2.11. The molecule has 0 aliphatic heterocycles. The zero-order valence-corrected chi connectivity index (χ0v) is 13.4. The van der Waals surface area contributed by atoms with E-state index in [4.69, 9.17) is 0 Å². The lowest BCUT2D eigenvalue weighted by molar-refractivity contribution is -0.131. The Labute approximate surface area is 117 Å². The van der Waals surface area contributed by atoms with Crippen LogP contribution in [0.15, 0.2) is 0 Å². The molecule has 110 valence electrons. The van der Waals surface area contributed by atoms with Gasteiger partial charge in [-0.1, -0.05) is 0 Å². The van der Waals surface area contributed by atoms with Crippen molar-refractivity contribution in [2.75, 3.05) is 26.9 Å². The van der Waals surface area contributed by atoms with Gasteiger partial charge in [0.2, 0.25) is 5.91 Å². The summed E-state index contributed by atoms with van der Waals surface area (Å²) in [4.78, 5) is 13.3. The molecule has 0 aliphatic rings. The van der Waals surface area contributed by atoms with Gasteiger partial charge in [0.25, 0.3) is 0 Å². The van der Waals surface area contributed by atoms with Crippen LogP contribution in [0, 0.1) is 0 Å². The molecule has 0 rings (SSSR count). The first kappa shape index (κ1) is 20.0. The Morgan fingerprint density at radius 2 is 1.83 bits per heavy atom. The highest BCUT2D eigenvalue weighted by Gasteiger charge is 2.27. The Bertz CT molecular complexity index is 346. The number of amides is 1. The lowest BCUT2D eigenvalue weighted by Crippen LogP contribution is -2.44. The van der Waals surface area contributed by atoms with Crippen molar-refractivity contribution in [1.29, 1.82) is 0 Å². The monoisotopic (exact) mass is 300 g/mol. The molecule has 0 saturated carbocycles. The maximum atomic E-state index is 11.8. The molecule has 0 bridgehead atoms. The van der Waals surface area contributed by atoms with Crippen LogP contribution < -0.4 is 5.32 Å². The molecule has 0 spiro atoms. The molecule has 0 aromatic rings. The molecule has 0 saturated heterocycles. The van der Waals surface area contributed by atoms with Crippen molar-refractivity contribution in [2.24, 2.45) is 0 Å². The minimum atomic E-state index is -3.11. The molecular weight excluding hydrogens is 276 g/mol. The van der Waals surface area contributed by atoms with Gasteiger partial charge in [-0.25, -0.2) is 8.42 Å². The second-order valence-corrected chi connectivity index (χ2v) is 6.89. The molecule has 2 atom stereocenters. The summed E-state index contributed by atoms with van der Waals surface area (Å²) in [6.45, 7) is 4.19. The van der Waals surface area contributed by atoms with Crippen LogP contribution in [-0.4, -0.2) is 57.4 Å². The first-order chi connectivity index (χ1) is 7.71. The van der Waals surface area contributed by atoms with E-state index in [0.717, 1.165) is 13.0 Å². The van der Waals surface area contributed by atoms with Crippen molar-refractivity contribution >= 4 is 28.2 Å². The third kappa shape index (κ3) is 6.56. The fraction of sp³-hybridized carbons (Fsp3) is 0.909. The van der Waals surface area contributed by atoms with E-state index in [9.17, 15) is 13.2 Å². The normalized spacial score (nSPS) is 14.5. The van der Waals surface area contributed by atoms with Crippen molar-refractivity contribution < 1.29 is 13.2 Å². The summed E-state index contributed by atoms with van der Waals surface area (Å²) in [6.07, 6.45) is 2.41. The summed E-state index contributed by atoms with van der Waals surface area (Å²) in [6, 6.07) is -0.299. The summed E-state index contributed by atoms with van der Waals surface area (Å²) < 4.78 is 22.8. The summed E-state index contributed by atoms with van der Waals surface area (Å²) in [7, 11) is 0.385. The van der Waals surface area contributed by atoms with Crippen molar-refractivity contribution in [1.82, 2.24) is 10.2 Å². The van der Waals surface area contributed by atoms with Crippen LogP contribution in [0.25, 0.3) is 0 Å². The average Bonchev–Trinajstić information content (AvgIpc) is 2.25. The number of carbonyl (C=O) groups is 1. The number of hydrogen-bond acceptors (Lipinski definition) is 4. The van der Waals surface area contributed by atoms with E-state index in [2.05, 4.69) is 5.32 Å². The van der Waals surface area contributed by atoms with Crippen molar-refractivity contribution in [2.45, 2.75) is 38.0 Å². The second-order valence-electron chi connectivity index (χ2n) is 4.49. The number of sulfone groups is 1. The first-order valence-corrected chi connectivity index (χ1v) is 7.76. The highest BCUT2D eigenvalue weighted by atomic mass is 35.5. The van der Waals surface area contributed by atoms with Gasteiger partial charge in [-0.15, -0.1) is 12.4 Å². The Hall–Kier alpha value is -0.330. The summed E-state index contributed by atoms with van der Waals surface area (Å²) in [5.41, 5.74) is 0. The van der Waals surface area contributed by atoms with E-state index in [1.165, 1.54) is 11.2 Å². The van der Waals surface area contributed by atoms with Gasteiger partial charge in [0.15, 0.2) is 9.84 Å². The van der Waals surface area contributed by atoms with E-state index in [-0.39, 0.29) is 24.4 Å². The number of halogens is 1. The van der Waals surface area contributed by atoms with Crippen LogP contribution in [0.5, 0.6) is 0 Å². The lowest BCUT2D eigenvalue weighted by Gasteiger charge is -2.29. The number of nitrogens with one attached hydrogen (secondary N) is 1.